The van der Waals surface area contributed by atoms with Gasteiger partial charge in [-0.25, -0.2) is 4.68 Å². The Morgan fingerprint density at radius 2 is 1.95 bits per heavy atom. The van der Waals surface area contributed by atoms with Crippen LogP contribution in [0, 0.1) is 13.8 Å². The first-order chi connectivity index (χ1) is 9.63. The van der Waals surface area contributed by atoms with Gasteiger partial charge >= 0.3 is 0 Å². The molecule has 20 heavy (non-hydrogen) atoms. The Bertz CT molecular complexity index is 752. The fraction of sp³-hybridized carbons (Fsp3) is 0.143. The second-order valence-corrected chi connectivity index (χ2v) is 4.84. The molecule has 2 aromatic heterocycles. The topological polar surface area (TPSA) is 56.5 Å². The summed E-state index contributed by atoms with van der Waals surface area (Å²) in [6, 6.07) is 7.89. The van der Waals surface area contributed by atoms with E-state index in [0.717, 1.165) is 11.1 Å². The molecule has 0 atom stereocenters. The fourth-order valence-electron chi connectivity index (χ4n) is 2.01. The van der Waals surface area contributed by atoms with Crippen molar-refractivity contribution in [2.24, 2.45) is 0 Å². The molecule has 0 saturated carbocycles. The summed E-state index contributed by atoms with van der Waals surface area (Å²) in [5.41, 5.74) is 3.23. The van der Waals surface area contributed by atoms with Crippen molar-refractivity contribution in [3.05, 3.63) is 53.1 Å². The van der Waals surface area contributed by atoms with E-state index in [0.29, 0.717) is 11.8 Å². The van der Waals surface area contributed by atoms with Crippen LogP contribution in [0.1, 0.15) is 11.1 Å². The van der Waals surface area contributed by atoms with E-state index in [1.54, 1.807) is 23.1 Å². The lowest BCUT2D eigenvalue weighted by Gasteiger charge is -2.07. The van der Waals surface area contributed by atoms with E-state index in [-0.39, 0.29) is 5.28 Å². The average Bonchev–Trinajstić information content (AvgIpc) is 2.91. The van der Waals surface area contributed by atoms with Gasteiger partial charge in [0.05, 0.1) is 0 Å². The highest BCUT2D eigenvalue weighted by atomic mass is 35.5. The van der Waals surface area contributed by atoms with Crippen molar-refractivity contribution in [1.82, 2.24) is 24.7 Å². The highest BCUT2D eigenvalue weighted by Gasteiger charge is 2.11. The van der Waals surface area contributed by atoms with Crippen LogP contribution in [0.3, 0.4) is 0 Å². The summed E-state index contributed by atoms with van der Waals surface area (Å²) in [6.07, 6.45) is 3.42. The van der Waals surface area contributed by atoms with E-state index in [2.05, 4.69) is 26.1 Å². The van der Waals surface area contributed by atoms with Crippen molar-refractivity contribution in [2.75, 3.05) is 0 Å². The number of aryl methyl sites for hydroxylation is 2. The van der Waals surface area contributed by atoms with E-state index >= 15 is 0 Å². The van der Waals surface area contributed by atoms with Gasteiger partial charge in [-0.1, -0.05) is 23.8 Å². The minimum absolute atomic E-state index is 0.153. The van der Waals surface area contributed by atoms with Gasteiger partial charge in [-0.05, 0) is 37.1 Å². The molecule has 1 aromatic carbocycles. The number of aromatic nitrogens is 5. The SMILES string of the molecule is Cc1ccc(-c2nc(Cl)nc(-n3cccn3)n2)c(C)c1. The maximum absolute atomic E-state index is 6.00. The van der Waals surface area contributed by atoms with Crippen molar-refractivity contribution in [3.63, 3.8) is 0 Å². The summed E-state index contributed by atoms with van der Waals surface area (Å²) < 4.78 is 1.56. The fourth-order valence-corrected chi connectivity index (χ4v) is 2.17. The maximum atomic E-state index is 6.00. The minimum atomic E-state index is 0.153. The average molecular weight is 286 g/mol. The van der Waals surface area contributed by atoms with Gasteiger partial charge < -0.3 is 0 Å². The normalized spacial score (nSPS) is 10.8. The Morgan fingerprint density at radius 3 is 2.65 bits per heavy atom. The van der Waals surface area contributed by atoms with Crippen LogP contribution in [-0.4, -0.2) is 24.7 Å². The van der Waals surface area contributed by atoms with Crippen molar-refractivity contribution in [2.45, 2.75) is 13.8 Å². The molecule has 3 rings (SSSR count). The van der Waals surface area contributed by atoms with Crippen LogP contribution >= 0.6 is 11.6 Å². The second-order valence-electron chi connectivity index (χ2n) is 4.50. The van der Waals surface area contributed by atoms with Crippen molar-refractivity contribution in [1.29, 1.82) is 0 Å². The summed E-state index contributed by atoms with van der Waals surface area (Å²) in [7, 11) is 0. The molecule has 0 radical (unpaired) electrons. The van der Waals surface area contributed by atoms with Crippen LogP contribution in [-0.2, 0) is 0 Å². The Labute approximate surface area is 121 Å². The van der Waals surface area contributed by atoms with Crippen LogP contribution in [0.2, 0.25) is 5.28 Å². The number of rotatable bonds is 2. The molecule has 100 valence electrons. The molecule has 6 heteroatoms. The molecule has 0 aliphatic heterocycles. The molecule has 0 bridgehead atoms. The number of hydrogen-bond acceptors (Lipinski definition) is 4. The van der Waals surface area contributed by atoms with E-state index in [1.807, 2.05) is 26.0 Å². The lowest BCUT2D eigenvalue weighted by Crippen LogP contribution is -2.05. The van der Waals surface area contributed by atoms with Crippen molar-refractivity contribution in [3.8, 4) is 17.3 Å². The zero-order chi connectivity index (χ0) is 14.1. The third kappa shape index (κ3) is 2.40. The zero-order valence-corrected chi connectivity index (χ0v) is 11.8. The zero-order valence-electron chi connectivity index (χ0n) is 11.1. The molecular weight excluding hydrogens is 274 g/mol. The van der Waals surface area contributed by atoms with Crippen LogP contribution in [0.25, 0.3) is 17.3 Å². The van der Waals surface area contributed by atoms with Gasteiger partial charge in [-0.3, -0.25) is 0 Å². The first-order valence-electron chi connectivity index (χ1n) is 6.13. The standard InChI is InChI=1S/C14H12ClN5/c1-9-4-5-11(10(2)8-9)12-17-13(15)19-14(18-12)20-7-3-6-16-20/h3-8H,1-2H3. The molecule has 2 heterocycles. The van der Waals surface area contributed by atoms with Gasteiger partial charge in [-0.15, -0.1) is 0 Å². The molecule has 0 saturated heterocycles. The molecule has 0 unspecified atom stereocenters. The van der Waals surface area contributed by atoms with Gasteiger partial charge in [0.15, 0.2) is 5.82 Å². The van der Waals surface area contributed by atoms with Gasteiger partial charge in [-0.2, -0.15) is 20.1 Å². The van der Waals surface area contributed by atoms with Crippen LogP contribution in [0.4, 0.5) is 0 Å². The second kappa shape index (κ2) is 5.02. The highest BCUT2D eigenvalue weighted by molar-refractivity contribution is 6.28. The smallest absolute Gasteiger partial charge is 0.206 e. The third-order valence-electron chi connectivity index (χ3n) is 2.93. The molecule has 0 aliphatic rings. The summed E-state index contributed by atoms with van der Waals surface area (Å²) in [6.45, 7) is 4.07. The van der Waals surface area contributed by atoms with Crippen LogP contribution < -0.4 is 0 Å². The molecule has 0 aliphatic carbocycles. The molecule has 0 N–H and O–H groups in total. The first-order valence-corrected chi connectivity index (χ1v) is 6.50. The van der Waals surface area contributed by atoms with Gasteiger partial charge in [0.1, 0.15) is 0 Å². The summed E-state index contributed by atoms with van der Waals surface area (Å²) in [5.74, 6) is 0.956. The predicted octanol–water partition coefficient (Wildman–Crippen LogP) is 2.99. The number of halogens is 1. The number of nitrogens with zero attached hydrogens (tertiary/aromatic N) is 5. The van der Waals surface area contributed by atoms with Crippen LogP contribution in [0.5, 0.6) is 0 Å². The van der Waals surface area contributed by atoms with E-state index in [1.165, 1.54) is 5.56 Å². The molecule has 0 spiro atoms. The van der Waals surface area contributed by atoms with Crippen molar-refractivity contribution >= 4 is 11.6 Å². The third-order valence-corrected chi connectivity index (χ3v) is 3.10. The largest absolute Gasteiger partial charge is 0.255 e. The molecule has 0 fully saturated rings. The lowest BCUT2D eigenvalue weighted by molar-refractivity contribution is 0.797. The van der Waals surface area contributed by atoms with E-state index in [4.69, 9.17) is 11.6 Å². The summed E-state index contributed by atoms with van der Waals surface area (Å²) in [4.78, 5) is 12.7. The van der Waals surface area contributed by atoms with Crippen LogP contribution in [0.15, 0.2) is 36.7 Å². The first kappa shape index (κ1) is 12.7. The minimum Gasteiger partial charge on any atom is -0.206 e. The number of hydrogen-bond donors (Lipinski definition) is 0. The van der Waals surface area contributed by atoms with E-state index in [9.17, 15) is 0 Å². The Hall–Kier alpha value is -2.27. The maximum Gasteiger partial charge on any atom is 0.255 e. The van der Waals surface area contributed by atoms with E-state index < -0.39 is 0 Å². The monoisotopic (exact) mass is 285 g/mol. The van der Waals surface area contributed by atoms with Gasteiger partial charge in [0, 0.05) is 18.0 Å². The Balaban J connectivity index is 2.14. The Morgan fingerprint density at radius 1 is 1.10 bits per heavy atom. The van der Waals surface area contributed by atoms with Crippen molar-refractivity contribution < 1.29 is 0 Å². The van der Waals surface area contributed by atoms with Gasteiger partial charge in [0.2, 0.25) is 5.28 Å². The molecule has 5 nitrogen and oxygen atoms in total. The molecular formula is C14H12ClN5. The molecule has 3 aromatic rings. The highest BCUT2D eigenvalue weighted by Crippen LogP contribution is 2.22. The predicted molar refractivity (Wildman–Crippen MR) is 76.9 cm³/mol. The summed E-state index contributed by atoms with van der Waals surface area (Å²) in [5, 5.41) is 4.26. The number of benzene rings is 1. The summed E-state index contributed by atoms with van der Waals surface area (Å²) >= 11 is 6.00. The Kier molecular flexibility index (Phi) is 3.20. The quantitative estimate of drug-likeness (QED) is 0.726. The molecule has 0 amide bonds. The lowest BCUT2D eigenvalue weighted by atomic mass is 10.1. The van der Waals surface area contributed by atoms with Gasteiger partial charge in [0.25, 0.3) is 5.95 Å².